The zero-order chi connectivity index (χ0) is 35.8. The van der Waals surface area contributed by atoms with E-state index in [0.717, 1.165) is 6.42 Å². The second-order valence-corrected chi connectivity index (χ2v) is 15.3. The molecule has 0 atom stereocenters. The van der Waals surface area contributed by atoms with Crippen LogP contribution in [0.4, 0.5) is 0 Å². The van der Waals surface area contributed by atoms with Gasteiger partial charge in [0.1, 0.15) is 0 Å². The van der Waals surface area contributed by atoms with Crippen LogP contribution in [0.5, 0.6) is 0 Å². The van der Waals surface area contributed by atoms with E-state index in [-0.39, 0.29) is 0 Å². The topological polar surface area (TPSA) is 0 Å². The van der Waals surface area contributed by atoms with Crippen LogP contribution in [0.15, 0.2) is 200 Å². The molecular weight excluding hydrogens is 669 g/mol. The van der Waals surface area contributed by atoms with E-state index in [4.69, 9.17) is 0 Å². The van der Waals surface area contributed by atoms with E-state index in [0.29, 0.717) is 0 Å². The molecule has 254 valence electrons. The molecule has 0 radical (unpaired) electrons. The number of thiophene rings is 1. The molecule has 10 aromatic rings. The third kappa shape index (κ3) is 6.30. The second-order valence-electron chi connectivity index (χ2n) is 14.2. The van der Waals surface area contributed by atoms with Crippen molar-refractivity contribution in [2.75, 3.05) is 0 Å². The van der Waals surface area contributed by atoms with E-state index in [9.17, 15) is 0 Å². The van der Waals surface area contributed by atoms with Crippen LogP contribution in [-0.4, -0.2) is 0 Å². The van der Waals surface area contributed by atoms with Crippen molar-refractivity contribution in [1.29, 1.82) is 0 Å². The van der Waals surface area contributed by atoms with Crippen LogP contribution in [-0.2, 0) is 6.42 Å². The van der Waals surface area contributed by atoms with E-state index in [2.05, 4.69) is 206 Å². The van der Waals surface area contributed by atoms with Crippen LogP contribution in [0.2, 0.25) is 0 Å². The molecule has 0 aliphatic heterocycles. The fraction of sp³-hybridized carbons (Fsp3) is 0.0189. The third-order valence-corrected chi connectivity index (χ3v) is 11.8. The molecule has 0 N–H and O–H groups in total. The van der Waals surface area contributed by atoms with Gasteiger partial charge in [-0.1, -0.05) is 170 Å². The summed E-state index contributed by atoms with van der Waals surface area (Å²) in [5.41, 5.74) is 12.5. The summed E-state index contributed by atoms with van der Waals surface area (Å²) in [4.78, 5) is 0. The van der Waals surface area contributed by atoms with Crippen molar-refractivity contribution in [3.63, 3.8) is 0 Å². The van der Waals surface area contributed by atoms with Crippen molar-refractivity contribution in [2.45, 2.75) is 6.42 Å². The van der Waals surface area contributed by atoms with Gasteiger partial charge in [-0.25, -0.2) is 0 Å². The van der Waals surface area contributed by atoms with Gasteiger partial charge in [-0.15, -0.1) is 11.3 Å². The number of hydrogen-bond acceptors (Lipinski definition) is 1. The highest BCUT2D eigenvalue weighted by molar-refractivity contribution is 7.25. The monoisotopic (exact) mass is 704 g/mol. The number of fused-ring (bicyclic) bond motifs is 5. The van der Waals surface area contributed by atoms with E-state index in [1.165, 1.54) is 97.4 Å². The molecule has 0 saturated carbocycles. The molecule has 0 nitrogen and oxygen atoms in total. The molecule has 10 rings (SSSR count). The predicted molar refractivity (Wildman–Crippen MR) is 235 cm³/mol. The van der Waals surface area contributed by atoms with Crippen molar-refractivity contribution in [3.05, 3.63) is 217 Å². The summed E-state index contributed by atoms with van der Waals surface area (Å²) in [5, 5.41) is 7.69. The smallest absolute Gasteiger partial charge is 0.0361 e. The fourth-order valence-corrected chi connectivity index (χ4v) is 8.95. The molecule has 0 saturated heterocycles. The van der Waals surface area contributed by atoms with Gasteiger partial charge >= 0.3 is 0 Å². The Kier molecular flexibility index (Phi) is 8.20. The predicted octanol–water partition coefficient (Wildman–Crippen LogP) is 15.1. The summed E-state index contributed by atoms with van der Waals surface area (Å²) in [6.07, 6.45) is 3.19. The Bertz CT molecular complexity index is 3000. The first-order valence-electron chi connectivity index (χ1n) is 18.6. The Morgan fingerprint density at radius 1 is 0.370 bits per heavy atom. The summed E-state index contributed by atoms with van der Waals surface area (Å²) < 4.78 is 2.68. The summed E-state index contributed by atoms with van der Waals surface area (Å²) in [6, 6.07) is 73.5. The van der Waals surface area contributed by atoms with Gasteiger partial charge in [0.05, 0.1) is 0 Å². The van der Waals surface area contributed by atoms with Gasteiger partial charge in [0, 0.05) is 20.2 Å². The maximum absolute atomic E-state index is 2.37. The van der Waals surface area contributed by atoms with E-state index in [1.54, 1.807) is 0 Å². The summed E-state index contributed by atoms with van der Waals surface area (Å²) in [7, 11) is 0. The molecule has 9 aromatic carbocycles. The number of hydrogen-bond donors (Lipinski definition) is 0. The third-order valence-electron chi connectivity index (χ3n) is 10.7. The first kappa shape index (κ1) is 32.1. The van der Waals surface area contributed by atoms with Crippen LogP contribution >= 0.6 is 11.3 Å². The van der Waals surface area contributed by atoms with Gasteiger partial charge in [0.25, 0.3) is 0 Å². The van der Waals surface area contributed by atoms with Crippen LogP contribution in [0, 0.1) is 0 Å². The average Bonchev–Trinajstić information content (AvgIpc) is 3.61. The Hall–Kier alpha value is -6.54. The lowest BCUT2D eigenvalue weighted by Gasteiger charge is -2.13. The highest BCUT2D eigenvalue weighted by Crippen LogP contribution is 2.37. The molecule has 0 fully saturated rings. The fourth-order valence-electron chi connectivity index (χ4n) is 7.80. The lowest BCUT2D eigenvalue weighted by molar-refractivity contribution is 1.29. The molecule has 0 aliphatic rings. The summed E-state index contributed by atoms with van der Waals surface area (Å²) >= 11 is 1.87. The molecule has 1 heterocycles. The van der Waals surface area contributed by atoms with Crippen LogP contribution < -0.4 is 0 Å². The lowest BCUT2D eigenvalue weighted by atomic mass is 9.92. The van der Waals surface area contributed by atoms with E-state index >= 15 is 0 Å². The quantitative estimate of drug-likeness (QED) is 0.145. The van der Waals surface area contributed by atoms with Crippen molar-refractivity contribution >= 4 is 64.7 Å². The van der Waals surface area contributed by atoms with Crippen molar-refractivity contribution in [2.24, 2.45) is 0 Å². The maximum Gasteiger partial charge on any atom is 0.0361 e. The van der Waals surface area contributed by atoms with Gasteiger partial charge in [0.15, 0.2) is 0 Å². The largest absolute Gasteiger partial charge is 0.135 e. The highest BCUT2D eigenvalue weighted by Gasteiger charge is 2.11. The van der Waals surface area contributed by atoms with Crippen molar-refractivity contribution < 1.29 is 0 Å². The van der Waals surface area contributed by atoms with Gasteiger partial charge in [0.2, 0.25) is 0 Å². The molecule has 0 spiro atoms. The van der Waals surface area contributed by atoms with E-state index < -0.39 is 0 Å². The minimum absolute atomic E-state index is 0.837. The molecule has 54 heavy (non-hydrogen) atoms. The molecule has 1 aromatic heterocycles. The molecule has 0 unspecified atom stereocenters. The first-order valence-corrected chi connectivity index (χ1v) is 19.4. The first-order chi connectivity index (χ1) is 26.7. The number of rotatable bonds is 7. The van der Waals surface area contributed by atoms with Gasteiger partial charge in [-0.05, 0) is 120 Å². The molecular formula is C53H36S. The number of benzene rings is 9. The Morgan fingerprint density at radius 3 is 1.78 bits per heavy atom. The van der Waals surface area contributed by atoms with E-state index in [1.807, 2.05) is 11.3 Å². The second kappa shape index (κ2) is 13.8. The van der Waals surface area contributed by atoms with Crippen LogP contribution in [0.3, 0.4) is 0 Å². The minimum Gasteiger partial charge on any atom is -0.135 e. The minimum atomic E-state index is 0.837. The Balaban J connectivity index is 0.967. The lowest BCUT2D eigenvalue weighted by Crippen LogP contribution is -1.93. The zero-order valence-corrected chi connectivity index (χ0v) is 30.6. The SMILES string of the molecule is C(=C(\Cc1ccc(-c2ccc3c(c2)sc2ccccc23)cc1)c1ccc2ccc(-c3cccc(-c4ccc5ccccc5c4)c3)cc2c1)/c1ccccc1. The molecule has 0 amide bonds. The number of allylic oxidation sites excluding steroid dienone is 1. The Morgan fingerprint density at radius 2 is 0.963 bits per heavy atom. The van der Waals surface area contributed by atoms with Gasteiger partial charge in [-0.2, -0.15) is 0 Å². The standard InChI is InChI=1S/C53H36S/c1-2-9-36(10-3-1)29-48(30-37-17-19-39(20-18-37)47-27-28-51-50-15-6-7-16-52(50)54-53(51)35-47)46-26-23-40-22-25-45(33-49(40)34-46)43-14-8-13-42(32-43)44-24-21-38-11-4-5-12-41(38)31-44/h1-29,31-35H,30H2/b48-29-. The molecule has 1 heteroatoms. The van der Waals surface area contributed by atoms with Crippen LogP contribution in [0.25, 0.3) is 86.7 Å². The van der Waals surface area contributed by atoms with Crippen molar-refractivity contribution in [3.8, 4) is 33.4 Å². The zero-order valence-electron chi connectivity index (χ0n) is 29.7. The van der Waals surface area contributed by atoms with Crippen molar-refractivity contribution in [1.82, 2.24) is 0 Å². The summed E-state index contributed by atoms with van der Waals surface area (Å²) in [6.45, 7) is 0. The van der Waals surface area contributed by atoms with Crippen LogP contribution in [0.1, 0.15) is 16.7 Å². The van der Waals surface area contributed by atoms with Gasteiger partial charge in [-0.3, -0.25) is 0 Å². The normalized spacial score (nSPS) is 11.9. The average molecular weight is 705 g/mol. The Labute approximate surface area is 319 Å². The molecule has 0 bridgehead atoms. The molecule has 0 aliphatic carbocycles. The summed E-state index contributed by atoms with van der Waals surface area (Å²) in [5.74, 6) is 0. The van der Waals surface area contributed by atoms with Gasteiger partial charge < -0.3 is 0 Å². The highest BCUT2D eigenvalue weighted by atomic mass is 32.1. The maximum atomic E-state index is 2.37.